The van der Waals surface area contributed by atoms with E-state index >= 15 is 0 Å². The first-order valence-corrected chi connectivity index (χ1v) is 10.1. The zero-order valence-electron chi connectivity index (χ0n) is 16.9. The Morgan fingerprint density at radius 1 is 0.760 bits per heavy atom. The van der Waals surface area contributed by atoms with Crippen LogP contribution in [-0.4, -0.2) is 55.1 Å². The molecule has 0 spiro atoms. The Hall–Kier alpha value is -0.200. The Balaban J connectivity index is 3.60. The lowest BCUT2D eigenvalue weighted by atomic mass is 10.1. The zero-order valence-corrected chi connectivity index (χ0v) is 16.9. The van der Waals surface area contributed by atoms with E-state index in [0.29, 0.717) is 13.2 Å². The van der Waals surface area contributed by atoms with Crippen LogP contribution in [0.2, 0.25) is 0 Å². The summed E-state index contributed by atoms with van der Waals surface area (Å²) in [6, 6.07) is 0. The molecular formula is C20H42O5. The smallest absolute Gasteiger partial charge is 0.183 e. The van der Waals surface area contributed by atoms with Gasteiger partial charge in [-0.05, 0) is 20.3 Å². The molecule has 152 valence electrons. The van der Waals surface area contributed by atoms with Crippen LogP contribution in [0.25, 0.3) is 0 Å². The second-order valence-corrected chi connectivity index (χ2v) is 7.02. The normalized spacial score (nSPS) is 16.6. The lowest BCUT2D eigenvalue weighted by molar-refractivity contribution is -0.224. The van der Waals surface area contributed by atoms with Gasteiger partial charge in [-0.25, -0.2) is 0 Å². The van der Waals surface area contributed by atoms with Gasteiger partial charge in [0.25, 0.3) is 0 Å². The second kappa shape index (κ2) is 17.2. The first-order valence-electron chi connectivity index (χ1n) is 10.1. The summed E-state index contributed by atoms with van der Waals surface area (Å²) in [5.41, 5.74) is 0. The molecule has 5 heteroatoms. The molecule has 0 aromatic heterocycles. The van der Waals surface area contributed by atoms with Crippen LogP contribution >= 0.6 is 0 Å². The minimum atomic E-state index is -0.756. The molecule has 1 unspecified atom stereocenters. The first-order chi connectivity index (χ1) is 12.0. The minimum absolute atomic E-state index is 0.307. The van der Waals surface area contributed by atoms with Crippen molar-refractivity contribution in [3.8, 4) is 0 Å². The molecule has 0 amide bonds. The van der Waals surface area contributed by atoms with Crippen molar-refractivity contribution in [2.24, 2.45) is 0 Å². The Kier molecular flexibility index (Phi) is 17.1. The Bertz CT molecular complexity index is 271. The molecule has 0 aromatic rings. The number of hydrogen-bond donors (Lipinski definition) is 2. The van der Waals surface area contributed by atoms with E-state index in [1.54, 1.807) is 13.8 Å². The molecule has 0 saturated carbocycles. The molecule has 0 aliphatic carbocycles. The lowest BCUT2D eigenvalue weighted by Gasteiger charge is -2.27. The molecule has 0 radical (unpaired) electrons. The zero-order chi connectivity index (χ0) is 18.9. The van der Waals surface area contributed by atoms with Crippen molar-refractivity contribution < 1.29 is 24.4 Å². The van der Waals surface area contributed by atoms with E-state index in [1.807, 2.05) is 0 Å². The molecule has 2 N–H and O–H groups in total. The van der Waals surface area contributed by atoms with Crippen molar-refractivity contribution >= 4 is 0 Å². The maximum Gasteiger partial charge on any atom is 0.183 e. The van der Waals surface area contributed by atoms with Gasteiger partial charge in [-0.2, -0.15) is 0 Å². The Morgan fingerprint density at radius 2 is 1.28 bits per heavy atom. The van der Waals surface area contributed by atoms with Crippen LogP contribution < -0.4 is 0 Å². The molecule has 0 aromatic carbocycles. The third-order valence-corrected chi connectivity index (χ3v) is 4.40. The van der Waals surface area contributed by atoms with Crippen molar-refractivity contribution in [3.63, 3.8) is 0 Å². The standard InChI is InChI=1S/C20H42O5/c1-5-6-7-8-9-10-11-12-13-14-15-24-16-19(17(2)21)25-20(23-4)18(3)22/h17-22H,5-16H2,1-4H3/t17-,18-,19?,20-/m0/s1. The average molecular weight is 363 g/mol. The quantitative estimate of drug-likeness (QED) is 0.284. The van der Waals surface area contributed by atoms with Crippen LogP contribution in [0, 0.1) is 0 Å². The predicted octanol–water partition coefficient (Wildman–Crippen LogP) is 4.04. The Morgan fingerprint density at radius 3 is 1.72 bits per heavy atom. The maximum atomic E-state index is 9.77. The van der Waals surface area contributed by atoms with Crippen molar-refractivity contribution in [1.29, 1.82) is 0 Å². The summed E-state index contributed by atoms with van der Waals surface area (Å²) in [4.78, 5) is 0. The summed E-state index contributed by atoms with van der Waals surface area (Å²) in [7, 11) is 1.47. The number of unbranched alkanes of at least 4 members (excludes halogenated alkanes) is 9. The number of ether oxygens (including phenoxy) is 3. The van der Waals surface area contributed by atoms with Gasteiger partial charge in [0.15, 0.2) is 6.29 Å². The third-order valence-electron chi connectivity index (χ3n) is 4.40. The molecule has 0 heterocycles. The number of hydrogen-bond acceptors (Lipinski definition) is 5. The van der Waals surface area contributed by atoms with Crippen LogP contribution in [0.1, 0.15) is 85.0 Å². The van der Waals surface area contributed by atoms with E-state index in [4.69, 9.17) is 14.2 Å². The summed E-state index contributed by atoms with van der Waals surface area (Å²) < 4.78 is 16.3. The second-order valence-electron chi connectivity index (χ2n) is 7.02. The van der Waals surface area contributed by atoms with E-state index in [9.17, 15) is 10.2 Å². The molecule has 4 atom stereocenters. The maximum absolute atomic E-state index is 9.77. The van der Waals surface area contributed by atoms with Crippen molar-refractivity contribution in [2.45, 2.75) is 110 Å². The summed E-state index contributed by atoms with van der Waals surface area (Å²) in [6.45, 7) is 6.49. The van der Waals surface area contributed by atoms with Gasteiger partial charge in [0.1, 0.15) is 12.2 Å². The van der Waals surface area contributed by atoms with Gasteiger partial charge in [0.2, 0.25) is 0 Å². The summed E-state index contributed by atoms with van der Waals surface area (Å²) in [6.07, 6.45) is 10.3. The minimum Gasteiger partial charge on any atom is -0.391 e. The lowest BCUT2D eigenvalue weighted by Crippen LogP contribution is -2.40. The van der Waals surface area contributed by atoms with E-state index in [2.05, 4.69) is 6.92 Å². The van der Waals surface area contributed by atoms with Crippen LogP contribution in [0.3, 0.4) is 0 Å². The number of aliphatic hydroxyl groups excluding tert-OH is 2. The van der Waals surface area contributed by atoms with Crippen molar-refractivity contribution in [3.05, 3.63) is 0 Å². The molecular weight excluding hydrogens is 320 g/mol. The van der Waals surface area contributed by atoms with Crippen LogP contribution in [0.4, 0.5) is 0 Å². The molecule has 0 saturated heterocycles. The van der Waals surface area contributed by atoms with E-state index in [-0.39, 0.29) is 0 Å². The Labute approximate surface area is 155 Å². The number of rotatable bonds is 18. The van der Waals surface area contributed by atoms with Gasteiger partial charge in [-0.1, -0.05) is 64.7 Å². The monoisotopic (exact) mass is 362 g/mol. The van der Waals surface area contributed by atoms with Crippen LogP contribution in [0.15, 0.2) is 0 Å². The molecule has 0 rings (SSSR count). The highest BCUT2D eigenvalue weighted by molar-refractivity contribution is 4.66. The van der Waals surface area contributed by atoms with Gasteiger partial charge in [0.05, 0.1) is 12.7 Å². The SMILES string of the molecule is CCCCCCCCCCCCOCC(O[C@H](OC)[C@H](C)O)[C@H](C)O. The summed E-state index contributed by atoms with van der Waals surface area (Å²) in [5.74, 6) is 0. The topological polar surface area (TPSA) is 68.2 Å². The van der Waals surface area contributed by atoms with Crippen LogP contribution in [-0.2, 0) is 14.2 Å². The highest BCUT2D eigenvalue weighted by atomic mass is 16.7. The van der Waals surface area contributed by atoms with Gasteiger partial charge in [-0.15, -0.1) is 0 Å². The van der Waals surface area contributed by atoms with E-state index in [0.717, 1.165) is 6.42 Å². The van der Waals surface area contributed by atoms with Gasteiger partial charge in [-0.3, -0.25) is 0 Å². The van der Waals surface area contributed by atoms with Crippen molar-refractivity contribution in [1.82, 2.24) is 0 Å². The molecule has 0 aliphatic heterocycles. The molecule has 5 nitrogen and oxygen atoms in total. The highest BCUT2D eigenvalue weighted by Gasteiger charge is 2.24. The molecule has 0 fully saturated rings. The van der Waals surface area contributed by atoms with Crippen molar-refractivity contribution in [2.75, 3.05) is 20.3 Å². The molecule has 25 heavy (non-hydrogen) atoms. The van der Waals surface area contributed by atoms with Gasteiger partial charge >= 0.3 is 0 Å². The average Bonchev–Trinajstić information content (AvgIpc) is 2.57. The fourth-order valence-electron chi connectivity index (χ4n) is 2.72. The first kappa shape index (κ1) is 24.8. The number of methoxy groups -OCH3 is 1. The summed E-state index contributed by atoms with van der Waals surface area (Å²) >= 11 is 0. The number of aliphatic hydroxyl groups is 2. The third kappa shape index (κ3) is 14.6. The van der Waals surface area contributed by atoms with E-state index < -0.39 is 24.6 Å². The highest BCUT2D eigenvalue weighted by Crippen LogP contribution is 2.12. The van der Waals surface area contributed by atoms with E-state index in [1.165, 1.54) is 64.9 Å². The largest absolute Gasteiger partial charge is 0.391 e. The van der Waals surface area contributed by atoms with Crippen LogP contribution in [0.5, 0.6) is 0 Å². The summed E-state index contributed by atoms with van der Waals surface area (Å²) in [5, 5.41) is 19.3. The predicted molar refractivity (Wildman–Crippen MR) is 102 cm³/mol. The van der Waals surface area contributed by atoms with Gasteiger partial charge in [0, 0.05) is 13.7 Å². The molecule has 0 aliphatic rings. The van der Waals surface area contributed by atoms with Gasteiger partial charge < -0.3 is 24.4 Å². The molecule has 0 bridgehead atoms. The fourth-order valence-corrected chi connectivity index (χ4v) is 2.72. The fraction of sp³-hybridized carbons (Fsp3) is 1.00.